The molecule has 0 bridgehead atoms. The molecule has 0 unspecified atom stereocenters. The van der Waals surface area contributed by atoms with Gasteiger partial charge in [-0.05, 0) is 108 Å². The number of phenolic OH excluding ortho intramolecular Hbond substituents is 2. The number of hydrogen-bond acceptors (Lipinski definition) is 12. The molecule has 301 valence electrons. The van der Waals surface area contributed by atoms with E-state index in [1.54, 1.807) is 62.8 Å². The van der Waals surface area contributed by atoms with Gasteiger partial charge in [-0.15, -0.1) is 0 Å². The number of rotatable bonds is 7. The molecule has 2 heterocycles. The van der Waals surface area contributed by atoms with Crippen molar-refractivity contribution in [2.75, 3.05) is 21.3 Å². The van der Waals surface area contributed by atoms with Crippen LogP contribution in [0, 0.1) is 5.82 Å². The van der Waals surface area contributed by atoms with Crippen LogP contribution in [0.1, 0.15) is 55.4 Å². The summed E-state index contributed by atoms with van der Waals surface area (Å²) in [5.74, 6) is 2.21. The standard InChI is InChI=1S/C13H12BFO4.C13H19BO4.C7H7BrO2.C6H12BO2/c1-18-13-8-11(5-6-12(13)14(16)17)19-10-4-2-3-9(15)7-10;1-12(2)13(3,4)18-14(17-12)10-7-6-9(15)8-11(10)16-5;1-10-7-4-5(9)2-3-6(7)8;1-5(2)6(3,4)9-7-8-5/h2-8,16-17H,1H3;6-8,15H,1-5H3;2-4,9H,1H3;1-4H3. The number of phenols is 2. The second kappa shape index (κ2) is 19.5. The summed E-state index contributed by atoms with van der Waals surface area (Å²) < 4.78 is 56.8. The zero-order chi connectivity index (χ0) is 42.1. The van der Waals surface area contributed by atoms with Gasteiger partial charge >= 0.3 is 21.9 Å². The molecular formula is C39H50B3BrFO12. The molecule has 2 aliphatic heterocycles. The van der Waals surface area contributed by atoms with Crippen LogP contribution in [0.15, 0.2) is 83.3 Å². The zero-order valence-electron chi connectivity index (χ0n) is 33.5. The van der Waals surface area contributed by atoms with Crippen molar-refractivity contribution in [2.24, 2.45) is 0 Å². The van der Waals surface area contributed by atoms with Crippen LogP contribution < -0.4 is 29.9 Å². The van der Waals surface area contributed by atoms with Gasteiger partial charge in [-0.1, -0.05) is 18.2 Å². The van der Waals surface area contributed by atoms with Gasteiger partial charge in [0.15, 0.2) is 0 Å². The fourth-order valence-electron chi connectivity index (χ4n) is 4.70. The maximum atomic E-state index is 13.0. The van der Waals surface area contributed by atoms with E-state index >= 15 is 0 Å². The molecule has 2 aliphatic rings. The summed E-state index contributed by atoms with van der Waals surface area (Å²) in [4.78, 5) is 0. The third-order valence-corrected chi connectivity index (χ3v) is 10.2. The zero-order valence-corrected chi connectivity index (χ0v) is 35.1. The number of ether oxygens (including phenoxy) is 4. The molecular weight excluding hydrogens is 792 g/mol. The van der Waals surface area contributed by atoms with E-state index in [1.807, 2.05) is 55.4 Å². The summed E-state index contributed by atoms with van der Waals surface area (Å²) in [7, 11) is 3.83. The molecule has 2 fully saturated rings. The highest BCUT2D eigenvalue weighted by atomic mass is 79.9. The summed E-state index contributed by atoms with van der Waals surface area (Å²) in [5.41, 5.74) is -0.135. The van der Waals surface area contributed by atoms with Gasteiger partial charge in [0.1, 0.15) is 46.1 Å². The first-order chi connectivity index (χ1) is 26.1. The van der Waals surface area contributed by atoms with Crippen molar-refractivity contribution in [3.8, 4) is 40.2 Å². The number of aromatic hydroxyl groups is 2. The molecule has 12 nitrogen and oxygen atoms in total. The van der Waals surface area contributed by atoms with Gasteiger partial charge in [0.2, 0.25) is 0 Å². The summed E-state index contributed by atoms with van der Waals surface area (Å²) in [6, 6.07) is 20.0. The monoisotopic (exact) mass is 841 g/mol. The first-order valence-electron chi connectivity index (χ1n) is 17.5. The Morgan fingerprint density at radius 3 is 1.62 bits per heavy atom. The quantitative estimate of drug-likeness (QED) is 0.155. The van der Waals surface area contributed by atoms with Crippen molar-refractivity contribution in [3.63, 3.8) is 0 Å². The van der Waals surface area contributed by atoms with Gasteiger partial charge in [-0.25, -0.2) is 4.39 Å². The number of methoxy groups -OCH3 is 3. The molecule has 0 aliphatic carbocycles. The van der Waals surface area contributed by atoms with E-state index < -0.39 is 20.1 Å². The predicted molar refractivity (Wildman–Crippen MR) is 218 cm³/mol. The van der Waals surface area contributed by atoms with Gasteiger partial charge in [-0.3, -0.25) is 0 Å². The molecule has 56 heavy (non-hydrogen) atoms. The molecule has 0 atom stereocenters. The minimum Gasteiger partial charge on any atom is -0.508 e. The second-order valence-corrected chi connectivity index (χ2v) is 15.4. The van der Waals surface area contributed by atoms with Crippen molar-refractivity contribution in [2.45, 2.75) is 77.8 Å². The van der Waals surface area contributed by atoms with E-state index in [2.05, 4.69) is 15.9 Å². The molecule has 0 spiro atoms. The van der Waals surface area contributed by atoms with Gasteiger partial charge in [0.05, 0.1) is 48.2 Å². The average Bonchev–Trinajstić information content (AvgIpc) is 3.51. The van der Waals surface area contributed by atoms with E-state index in [1.165, 1.54) is 45.1 Å². The Bertz CT molecular complexity index is 1860. The SMILES string of the molecule is CC1(C)O[B]OC1(C)C.COc1cc(O)ccc1B1OC(C)(C)C(C)(C)O1.COc1cc(O)ccc1Br.COc1cc(Oc2cccc(F)c2)ccc1B(O)O. The molecule has 2 saturated heterocycles. The molecule has 0 saturated carbocycles. The van der Waals surface area contributed by atoms with Gasteiger partial charge in [0.25, 0.3) is 0 Å². The van der Waals surface area contributed by atoms with E-state index in [0.29, 0.717) is 23.0 Å². The summed E-state index contributed by atoms with van der Waals surface area (Å²) in [6.07, 6.45) is 0. The number of hydrogen-bond donors (Lipinski definition) is 4. The Morgan fingerprint density at radius 1 is 0.643 bits per heavy atom. The third-order valence-electron chi connectivity index (χ3n) is 9.51. The molecule has 17 heteroatoms. The molecule has 4 N–H and O–H groups in total. The second-order valence-electron chi connectivity index (χ2n) is 14.5. The van der Waals surface area contributed by atoms with Crippen LogP contribution in [0.2, 0.25) is 0 Å². The number of benzene rings is 4. The fourth-order valence-corrected chi connectivity index (χ4v) is 5.10. The highest BCUT2D eigenvalue weighted by molar-refractivity contribution is 9.10. The lowest BCUT2D eigenvalue weighted by Gasteiger charge is -2.32. The average molecular weight is 842 g/mol. The van der Waals surface area contributed by atoms with Crippen LogP contribution in [0.3, 0.4) is 0 Å². The van der Waals surface area contributed by atoms with Gasteiger partial charge in [0, 0.05) is 35.2 Å². The molecule has 6 rings (SSSR count). The maximum absolute atomic E-state index is 13.0. The minimum atomic E-state index is -1.63. The smallest absolute Gasteiger partial charge is 0.498 e. The molecule has 4 aromatic carbocycles. The van der Waals surface area contributed by atoms with Crippen molar-refractivity contribution in [1.82, 2.24) is 0 Å². The minimum absolute atomic E-state index is 0.159. The Labute approximate surface area is 338 Å². The predicted octanol–water partition coefficient (Wildman–Crippen LogP) is 6.29. The number of halogens is 2. The Kier molecular flexibility index (Phi) is 16.1. The van der Waals surface area contributed by atoms with Crippen molar-refractivity contribution in [3.05, 3.63) is 89.2 Å². The van der Waals surface area contributed by atoms with Crippen LogP contribution in [0.5, 0.6) is 40.2 Å². The first kappa shape index (κ1) is 46.4. The topological polar surface area (TPSA) is 155 Å². The van der Waals surface area contributed by atoms with E-state index in [9.17, 15) is 9.50 Å². The van der Waals surface area contributed by atoms with E-state index in [0.717, 1.165) is 9.94 Å². The lowest BCUT2D eigenvalue weighted by atomic mass is 9.78. The summed E-state index contributed by atoms with van der Waals surface area (Å²) >= 11 is 3.25. The Hall–Kier alpha value is -3.96. The lowest BCUT2D eigenvalue weighted by Crippen LogP contribution is -2.41. The summed E-state index contributed by atoms with van der Waals surface area (Å²) in [6.45, 7) is 16.0. The van der Waals surface area contributed by atoms with Crippen LogP contribution in [-0.2, 0) is 18.6 Å². The van der Waals surface area contributed by atoms with E-state index in [4.69, 9.17) is 52.7 Å². The largest absolute Gasteiger partial charge is 0.508 e. The maximum Gasteiger partial charge on any atom is 0.498 e. The first-order valence-corrected chi connectivity index (χ1v) is 18.3. The van der Waals surface area contributed by atoms with Crippen LogP contribution in [0.4, 0.5) is 4.39 Å². The Balaban J connectivity index is 0.000000210. The Morgan fingerprint density at radius 2 is 1.16 bits per heavy atom. The lowest BCUT2D eigenvalue weighted by molar-refractivity contribution is 0.00578. The molecule has 4 aromatic rings. The molecule has 0 amide bonds. The molecule has 0 aromatic heterocycles. The van der Waals surface area contributed by atoms with Crippen molar-refractivity contribution < 1.29 is 62.2 Å². The van der Waals surface area contributed by atoms with Gasteiger partial charge in [-0.2, -0.15) is 0 Å². The van der Waals surface area contributed by atoms with Crippen LogP contribution in [-0.4, -0.2) is 85.9 Å². The van der Waals surface area contributed by atoms with Crippen LogP contribution in [0.25, 0.3) is 0 Å². The highest BCUT2D eigenvalue weighted by Crippen LogP contribution is 2.37. The van der Waals surface area contributed by atoms with Crippen molar-refractivity contribution >= 4 is 48.8 Å². The summed E-state index contributed by atoms with van der Waals surface area (Å²) in [5, 5.41) is 36.7. The van der Waals surface area contributed by atoms with Crippen molar-refractivity contribution in [1.29, 1.82) is 0 Å². The molecule has 1 radical (unpaired) electrons. The third kappa shape index (κ3) is 12.3. The fraction of sp³-hybridized carbons (Fsp3) is 0.385. The highest BCUT2D eigenvalue weighted by Gasteiger charge is 2.52. The van der Waals surface area contributed by atoms with E-state index in [-0.39, 0.29) is 45.1 Å². The van der Waals surface area contributed by atoms with Crippen LogP contribution >= 0.6 is 15.9 Å². The normalized spacial score (nSPS) is 16.7. The van der Waals surface area contributed by atoms with Gasteiger partial charge < -0.3 is 57.8 Å².